The third-order valence-electron chi connectivity index (χ3n) is 3.31. The van der Waals surface area contributed by atoms with Gasteiger partial charge in [0.1, 0.15) is 5.69 Å². The fourth-order valence-corrected chi connectivity index (χ4v) is 2.49. The van der Waals surface area contributed by atoms with Crippen molar-refractivity contribution in [1.29, 1.82) is 0 Å². The molecule has 4 heteroatoms. The number of imidazole rings is 1. The van der Waals surface area contributed by atoms with Crippen molar-refractivity contribution in [2.75, 3.05) is 6.61 Å². The molecule has 2 aromatic rings. The minimum absolute atomic E-state index is 0.151. The molecule has 0 bridgehead atoms. The van der Waals surface area contributed by atoms with Gasteiger partial charge in [-0.25, -0.2) is 4.98 Å². The number of rotatable bonds is 2. The number of aryl methyl sites for hydroxylation is 1. The molecule has 0 saturated carbocycles. The summed E-state index contributed by atoms with van der Waals surface area (Å²) in [6.07, 6.45) is 6.86. The van der Waals surface area contributed by atoms with Crippen molar-refractivity contribution in [2.24, 2.45) is 0 Å². The Morgan fingerprint density at radius 2 is 2.29 bits per heavy atom. The van der Waals surface area contributed by atoms with Crippen LogP contribution in [0, 0.1) is 0 Å². The number of aromatic nitrogens is 3. The second-order valence-electron chi connectivity index (χ2n) is 4.39. The lowest BCUT2D eigenvalue weighted by molar-refractivity contribution is 0.208. The van der Waals surface area contributed by atoms with Crippen LogP contribution < -0.4 is 0 Å². The van der Waals surface area contributed by atoms with Crippen molar-refractivity contribution < 1.29 is 5.11 Å². The Labute approximate surface area is 100.0 Å². The molecule has 2 aromatic heterocycles. The van der Waals surface area contributed by atoms with Crippen LogP contribution >= 0.6 is 0 Å². The lowest BCUT2D eigenvalue weighted by atomic mass is 10.0. The van der Waals surface area contributed by atoms with Crippen LogP contribution in [-0.4, -0.2) is 26.2 Å². The van der Waals surface area contributed by atoms with Gasteiger partial charge in [-0.1, -0.05) is 6.07 Å². The number of hydrogen-bond donors (Lipinski definition) is 1. The van der Waals surface area contributed by atoms with E-state index in [9.17, 15) is 5.11 Å². The summed E-state index contributed by atoms with van der Waals surface area (Å²) in [5, 5.41) is 9.46. The molecule has 0 radical (unpaired) electrons. The van der Waals surface area contributed by atoms with E-state index in [2.05, 4.69) is 14.5 Å². The lowest BCUT2D eigenvalue weighted by Crippen LogP contribution is -2.21. The highest BCUT2D eigenvalue weighted by atomic mass is 16.3. The largest absolute Gasteiger partial charge is 0.394 e. The standard InChI is InChI=1S/C13H15N3O/c17-9-11-5-3-4-10-8-15-13(16(10)11)12-6-1-2-7-14-12/h1-2,6-8,11,17H,3-5,9H2. The zero-order valence-corrected chi connectivity index (χ0v) is 9.58. The van der Waals surface area contributed by atoms with Crippen LogP contribution in [-0.2, 0) is 6.42 Å². The minimum Gasteiger partial charge on any atom is -0.394 e. The number of fused-ring (bicyclic) bond motifs is 1. The van der Waals surface area contributed by atoms with Crippen LogP contribution in [0.25, 0.3) is 11.5 Å². The van der Waals surface area contributed by atoms with Gasteiger partial charge in [-0.2, -0.15) is 0 Å². The maximum absolute atomic E-state index is 9.46. The predicted molar refractivity (Wildman–Crippen MR) is 64.5 cm³/mol. The van der Waals surface area contributed by atoms with E-state index in [1.807, 2.05) is 24.4 Å². The van der Waals surface area contributed by atoms with Crippen LogP contribution in [0.15, 0.2) is 30.6 Å². The molecule has 4 nitrogen and oxygen atoms in total. The van der Waals surface area contributed by atoms with Crippen molar-refractivity contribution in [3.05, 3.63) is 36.3 Å². The van der Waals surface area contributed by atoms with E-state index in [0.717, 1.165) is 30.8 Å². The first-order valence-corrected chi connectivity index (χ1v) is 5.98. The predicted octanol–water partition coefficient (Wildman–Crippen LogP) is 1.81. The van der Waals surface area contributed by atoms with Crippen LogP contribution in [0.3, 0.4) is 0 Å². The molecule has 1 aliphatic rings. The van der Waals surface area contributed by atoms with E-state index in [0.29, 0.717) is 0 Å². The number of pyridine rings is 1. The van der Waals surface area contributed by atoms with Crippen LogP contribution in [0.2, 0.25) is 0 Å². The number of nitrogens with zero attached hydrogens (tertiary/aromatic N) is 3. The molecule has 3 heterocycles. The van der Waals surface area contributed by atoms with Crippen LogP contribution in [0.4, 0.5) is 0 Å². The molecule has 1 atom stereocenters. The van der Waals surface area contributed by atoms with Gasteiger partial charge in [0, 0.05) is 18.1 Å². The fourth-order valence-electron chi connectivity index (χ4n) is 2.49. The Bertz CT molecular complexity index is 507. The molecule has 0 fully saturated rings. The van der Waals surface area contributed by atoms with Crippen molar-refractivity contribution >= 4 is 0 Å². The lowest BCUT2D eigenvalue weighted by Gasteiger charge is -2.25. The highest BCUT2D eigenvalue weighted by Crippen LogP contribution is 2.29. The Balaban J connectivity index is 2.10. The van der Waals surface area contributed by atoms with Gasteiger partial charge in [-0.15, -0.1) is 0 Å². The van der Waals surface area contributed by atoms with Crippen LogP contribution in [0.1, 0.15) is 24.6 Å². The van der Waals surface area contributed by atoms with E-state index in [4.69, 9.17) is 0 Å². The highest BCUT2D eigenvalue weighted by Gasteiger charge is 2.23. The van der Waals surface area contributed by atoms with Gasteiger partial charge in [0.15, 0.2) is 5.82 Å². The molecule has 1 aliphatic heterocycles. The summed E-state index contributed by atoms with van der Waals surface area (Å²) >= 11 is 0. The average Bonchev–Trinajstić information content (AvgIpc) is 2.83. The summed E-state index contributed by atoms with van der Waals surface area (Å²) in [5.74, 6) is 0.874. The summed E-state index contributed by atoms with van der Waals surface area (Å²) in [4.78, 5) is 8.79. The first-order chi connectivity index (χ1) is 8.40. The quantitative estimate of drug-likeness (QED) is 0.854. The van der Waals surface area contributed by atoms with Crippen molar-refractivity contribution in [3.8, 4) is 11.5 Å². The first-order valence-electron chi connectivity index (χ1n) is 5.98. The molecular weight excluding hydrogens is 214 g/mol. The van der Waals surface area contributed by atoms with Gasteiger partial charge in [0.2, 0.25) is 0 Å². The van der Waals surface area contributed by atoms with Crippen molar-refractivity contribution in [3.63, 3.8) is 0 Å². The summed E-state index contributed by atoms with van der Waals surface area (Å²) in [6.45, 7) is 0.170. The third-order valence-corrected chi connectivity index (χ3v) is 3.31. The SMILES string of the molecule is OCC1CCCc2cnc(-c3ccccn3)n21. The second kappa shape index (κ2) is 4.30. The average molecular weight is 229 g/mol. The van der Waals surface area contributed by atoms with Crippen molar-refractivity contribution in [2.45, 2.75) is 25.3 Å². The monoisotopic (exact) mass is 229 g/mol. The zero-order chi connectivity index (χ0) is 11.7. The van der Waals surface area contributed by atoms with Crippen molar-refractivity contribution in [1.82, 2.24) is 14.5 Å². The molecule has 1 unspecified atom stereocenters. The van der Waals surface area contributed by atoms with E-state index in [-0.39, 0.29) is 12.6 Å². The summed E-state index contributed by atoms with van der Waals surface area (Å²) in [6, 6.07) is 5.96. The van der Waals surface area contributed by atoms with Gasteiger partial charge >= 0.3 is 0 Å². The molecule has 0 spiro atoms. The molecule has 0 saturated heterocycles. The third kappa shape index (κ3) is 1.74. The molecule has 3 rings (SSSR count). The second-order valence-corrected chi connectivity index (χ2v) is 4.39. The van der Waals surface area contributed by atoms with Gasteiger partial charge < -0.3 is 9.67 Å². The van der Waals surface area contributed by atoms with E-state index in [1.165, 1.54) is 5.69 Å². The molecule has 88 valence electrons. The Morgan fingerprint density at radius 1 is 1.35 bits per heavy atom. The minimum atomic E-state index is 0.151. The fraction of sp³-hybridized carbons (Fsp3) is 0.385. The normalized spacial score (nSPS) is 19.0. The van der Waals surface area contributed by atoms with Crippen LogP contribution in [0.5, 0.6) is 0 Å². The molecular formula is C13H15N3O. The molecule has 0 aliphatic carbocycles. The molecule has 17 heavy (non-hydrogen) atoms. The number of hydrogen-bond acceptors (Lipinski definition) is 3. The van der Waals surface area contributed by atoms with Gasteiger partial charge in [-0.05, 0) is 31.4 Å². The first kappa shape index (κ1) is 10.5. The maximum Gasteiger partial charge on any atom is 0.159 e. The molecule has 0 aromatic carbocycles. The summed E-state index contributed by atoms with van der Waals surface area (Å²) in [7, 11) is 0. The summed E-state index contributed by atoms with van der Waals surface area (Å²) in [5.41, 5.74) is 2.08. The smallest absolute Gasteiger partial charge is 0.159 e. The molecule has 0 amide bonds. The zero-order valence-electron chi connectivity index (χ0n) is 9.58. The molecule has 1 N–H and O–H groups in total. The number of aliphatic hydroxyl groups is 1. The van der Waals surface area contributed by atoms with Gasteiger partial charge in [0.05, 0.1) is 12.6 Å². The van der Waals surface area contributed by atoms with Gasteiger partial charge in [-0.3, -0.25) is 4.98 Å². The number of aliphatic hydroxyl groups excluding tert-OH is 1. The topological polar surface area (TPSA) is 50.9 Å². The highest BCUT2D eigenvalue weighted by molar-refractivity contribution is 5.50. The Hall–Kier alpha value is -1.68. The Kier molecular flexibility index (Phi) is 2.65. The van der Waals surface area contributed by atoms with E-state index in [1.54, 1.807) is 6.20 Å². The maximum atomic E-state index is 9.46. The summed E-state index contributed by atoms with van der Waals surface area (Å²) < 4.78 is 2.14. The van der Waals surface area contributed by atoms with Gasteiger partial charge in [0.25, 0.3) is 0 Å². The Morgan fingerprint density at radius 3 is 3.06 bits per heavy atom. The van der Waals surface area contributed by atoms with E-state index >= 15 is 0 Å². The van der Waals surface area contributed by atoms with E-state index < -0.39 is 0 Å².